The van der Waals surface area contributed by atoms with Gasteiger partial charge in [0.1, 0.15) is 16.8 Å². The van der Waals surface area contributed by atoms with E-state index in [1.165, 1.54) is 12.1 Å². The Balaban J connectivity index is 2.21. The van der Waals surface area contributed by atoms with Gasteiger partial charge in [0.05, 0.1) is 13.2 Å². The molecule has 1 aliphatic rings. The highest BCUT2D eigenvalue weighted by Crippen LogP contribution is 2.17. The van der Waals surface area contributed by atoms with Gasteiger partial charge < -0.3 is 16.2 Å². The van der Waals surface area contributed by atoms with Gasteiger partial charge in [-0.3, -0.25) is 9.69 Å². The molecule has 20 heavy (non-hydrogen) atoms. The molecule has 1 atom stereocenters. The number of primary amides is 1. The van der Waals surface area contributed by atoms with Gasteiger partial charge in [-0.05, 0) is 18.2 Å². The molecule has 7 heteroatoms. The van der Waals surface area contributed by atoms with Crippen LogP contribution in [0.2, 0.25) is 0 Å². The number of nitrogens with two attached hydrogens (primary N) is 2. The van der Waals surface area contributed by atoms with Crippen molar-refractivity contribution in [3.8, 4) is 0 Å². The molecular weight excluding hydrogens is 281 g/mol. The number of amides is 1. The highest BCUT2D eigenvalue weighted by molar-refractivity contribution is 7.80. The first-order chi connectivity index (χ1) is 9.49. The van der Waals surface area contributed by atoms with E-state index in [4.69, 9.17) is 28.4 Å². The van der Waals surface area contributed by atoms with Crippen LogP contribution in [0.3, 0.4) is 0 Å². The van der Waals surface area contributed by atoms with E-state index in [-0.39, 0.29) is 24.0 Å². The van der Waals surface area contributed by atoms with Crippen molar-refractivity contribution in [1.29, 1.82) is 0 Å². The Labute approximate surface area is 121 Å². The van der Waals surface area contributed by atoms with Crippen LogP contribution in [0.25, 0.3) is 0 Å². The summed E-state index contributed by atoms with van der Waals surface area (Å²) in [6, 6.07) is 3.91. The summed E-state index contributed by atoms with van der Waals surface area (Å²) in [4.78, 5) is 13.4. The summed E-state index contributed by atoms with van der Waals surface area (Å²) in [5.74, 6) is -0.838. The van der Waals surface area contributed by atoms with Gasteiger partial charge in [-0.15, -0.1) is 0 Å². The number of rotatable bonds is 4. The number of hydrogen-bond acceptors (Lipinski definition) is 4. The predicted molar refractivity (Wildman–Crippen MR) is 76.5 cm³/mol. The fourth-order valence-electron chi connectivity index (χ4n) is 2.16. The highest BCUT2D eigenvalue weighted by atomic mass is 32.1. The lowest BCUT2D eigenvalue weighted by Gasteiger charge is -2.33. The monoisotopic (exact) mass is 297 g/mol. The van der Waals surface area contributed by atoms with Crippen LogP contribution < -0.4 is 11.5 Å². The van der Waals surface area contributed by atoms with E-state index in [9.17, 15) is 9.18 Å². The van der Waals surface area contributed by atoms with Crippen LogP contribution in [0, 0.1) is 5.82 Å². The van der Waals surface area contributed by atoms with Crippen LogP contribution in [-0.4, -0.2) is 41.6 Å². The Bertz CT molecular complexity index is 538. The molecule has 4 N–H and O–H groups in total. The summed E-state index contributed by atoms with van der Waals surface area (Å²) in [5, 5.41) is 0. The number of benzene rings is 1. The lowest BCUT2D eigenvalue weighted by molar-refractivity contribution is -0.129. The summed E-state index contributed by atoms with van der Waals surface area (Å²) in [7, 11) is 0. The van der Waals surface area contributed by atoms with Crippen molar-refractivity contribution in [3.05, 3.63) is 35.1 Å². The SMILES string of the molecule is NC(=O)C1COCCN1Cc1cc(C(N)=S)ccc1F. The van der Waals surface area contributed by atoms with Crippen molar-refractivity contribution >= 4 is 23.1 Å². The van der Waals surface area contributed by atoms with Gasteiger partial charge in [-0.1, -0.05) is 12.2 Å². The molecule has 1 aromatic rings. The molecule has 1 heterocycles. The third-order valence-electron chi connectivity index (χ3n) is 3.27. The van der Waals surface area contributed by atoms with Crippen molar-refractivity contribution in [2.24, 2.45) is 11.5 Å². The van der Waals surface area contributed by atoms with Crippen molar-refractivity contribution in [2.45, 2.75) is 12.6 Å². The third kappa shape index (κ3) is 3.30. The van der Waals surface area contributed by atoms with Gasteiger partial charge in [-0.2, -0.15) is 0 Å². The zero-order chi connectivity index (χ0) is 14.7. The van der Waals surface area contributed by atoms with E-state index in [0.717, 1.165) is 0 Å². The first kappa shape index (κ1) is 14.8. The van der Waals surface area contributed by atoms with Crippen molar-refractivity contribution in [1.82, 2.24) is 4.90 Å². The molecule has 5 nitrogen and oxygen atoms in total. The van der Waals surface area contributed by atoms with Crippen LogP contribution in [0.5, 0.6) is 0 Å². The minimum atomic E-state index is -0.545. The summed E-state index contributed by atoms with van der Waals surface area (Å²) >= 11 is 4.88. The van der Waals surface area contributed by atoms with Gasteiger partial charge in [-0.25, -0.2) is 4.39 Å². The van der Waals surface area contributed by atoms with E-state index in [0.29, 0.717) is 24.3 Å². The van der Waals surface area contributed by atoms with Gasteiger partial charge in [0, 0.05) is 24.2 Å². The average Bonchev–Trinajstić information content (AvgIpc) is 2.41. The van der Waals surface area contributed by atoms with E-state index < -0.39 is 11.9 Å². The second-order valence-electron chi connectivity index (χ2n) is 4.63. The Hall–Kier alpha value is -1.57. The largest absolute Gasteiger partial charge is 0.389 e. The molecule has 0 bridgehead atoms. The number of morpholine rings is 1. The van der Waals surface area contributed by atoms with Crippen molar-refractivity contribution in [2.75, 3.05) is 19.8 Å². The minimum absolute atomic E-state index is 0.208. The minimum Gasteiger partial charge on any atom is -0.389 e. The Morgan fingerprint density at radius 1 is 1.50 bits per heavy atom. The zero-order valence-electron chi connectivity index (χ0n) is 10.8. The van der Waals surface area contributed by atoms with Crippen LogP contribution in [0.4, 0.5) is 4.39 Å². The Kier molecular flexibility index (Phi) is 4.64. The normalized spacial score (nSPS) is 19.8. The predicted octanol–water partition coefficient (Wildman–Crippen LogP) is 0.146. The number of carbonyl (C=O) groups excluding carboxylic acids is 1. The molecule has 1 aromatic carbocycles. The molecular formula is C13H16FN3O2S. The quantitative estimate of drug-likeness (QED) is 0.773. The van der Waals surface area contributed by atoms with Crippen molar-refractivity contribution in [3.63, 3.8) is 0 Å². The fourth-order valence-corrected chi connectivity index (χ4v) is 2.28. The van der Waals surface area contributed by atoms with Crippen LogP contribution in [0.15, 0.2) is 18.2 Å². The van der Waals surface area contributed by atoms with E-state index >= 15 is 0 Å². The lowest BCUT2D eigenvalue weighted by Crippen LogP contribution is -2.51. The molecule has 1 saturated heterocycles. The molecule has 2 rings (SSSR count). The molecule has 1 amide bonds. The second-order valence-corrected chi connectivity index (χ2v) is 5.07. The molecule has 0 saturated carbocycles. The molecule has 0 aromatic heterocycles. The smallest absolute Gasteiger partial charge is 0.237 e. The van der Waals surface area contributed by atoms with Gasteiger partial charge in [0.2, 0.25) is 5.91 Å². The summed E-state index contributed by atoms with van der Waals surface area (Å²) in [5.41, 5.74) is 11.9. The van der Waals surface area contributed by atoms with E-state index in [2.05, 4.69) is 0 Å². The molecule has 1 fully saturated rings. The van der Waals surface area contributed by atoms with Gasteiger partial charge >= 0.3 is 0 Å². The molecule has 0 radical (unpaired) electrons. The number of hydrogen-bond donors (Lipinski definition) is 2. The van der Waals surface area contributed by atoms with Gasteiger partial charge in [0.25, 0.3) is 0 Å². The van der Waals surface area contributed by atoms with Crippen LogP contribution in [-0.2, 0) is 16.1 Å². The Morgan fingerprint density at radius 3 is 2.90 bits per heavy atom. The maximum absolute atomic E-state index is 13.9. The first-order valence-corrected chi connectivity index (χ1v) is 6.59. The molecule has 1 unspecified atom stereocenters. The lowest BCUT2D eigenvalue weighted by atomic mass is 10.1. The summed E-state index contributed by atoms with van der Waals surface area (Å²) in [6.45, 7) is 1.50. The molecule has 108 valence electrons. The number of nitrogens with zero attached hydrogens (tertiary/aromatic N) is 1. The third-order valence-corrected chi connectivity index (χ3v) is 3.51. The van der Waals surface area contributed by atoms with E-state index in [1.807, 2.05) is 0 Å². The maximum atomic E-state index is 13.9. The number of thiocarbonyl (C=S) groups is 1. The number of halogens is 1. The van der Waals surface area contributed by atoms with Crippen LogP contribution in [0.1, 0.15) is 11.1 Å². The average molecular weight is 297 g/mol. The Morgan fingerprint density at radius 2 is 2.25 bits per heavy atom. The highest BCUT2D eigenvalue weighted by Gasteiger charge is 2.28. The topological polar surface area (TPSA) is 81.6 Å². The van der Waals surface area contributed by atoms with Crippen molar-refractivity contribution < 1.29 is 13.9 Å². The maximum Gasteiger partial charge on any atom is 0.237 e. The first-order valence-electron chi connectivity index (χ1n) is 6.18. The molecule has 1 aliphatic heterocycles. The molecule has 0 spiro atoms. The summed E-state index contributed by atoms with van der Waals surface area (Å²) in [6.07, 6.45) is 0. The second kappa shape index (κ2) is 6.25. The zero-order valence-corrected chi connectivity index (χ0v) is 11.7. The van der Waals surface area contributed by atoms with Gasteiger partial charge in [0.15, 0.2) is 0 Å². The number of ether oxygens (including phenoxy) is 1. The fraction of sp³-hybridized carbons (Fsp3) is 0.385. The number of carbonyl (C=O) groups is 1. The molecule has 0 aliphatic carbocycles. The standard InChI is InChI=1S/C13H16FN3O2S/c14-10-2-1-8(13(16)20)5-9(10)6-17-3-4-19-7-11(17)12(15)18/h1-2,5,11H,3-4,6-7H2,(H2,15,18)(H2,16,20). The van der Waals surface area contributed by atoms with Crippen LogP contribution >= 0.6 is 12.2 Å². The summed E-state index contributed by atoms with van der Waals surface area (Å²) < 4.78 is 19.1. The van der Waals surface area contributed by atoms with E-state index in [1.54, 1.807) is 11.0 Å².